The summed E-state index contributed by atoms with van der Waals surface area (Å²) in [5, 5.41) is 6.74. The van der Waals surface area contributed by atoms with E-state index in [4.69, 9.17) is 0 Å². The second-order valence-electron chi connectivity index (χ2n) is 4.77. The van der Waals surface area contributed by atoms with E-state index in [2.05, 4.69) is 26.6 Å². The van der Waals surface area contributed by atoms with Crippen molar-refractivity contribution in [3.8, 4) is 0 Å². The van der Waals surface area contributed by atoms with Gasteiger partial charge >= 0.3 is 0 Å². The molecule has 0 radical (unpaired) electrons. The molecule has 0 fully saturated rings. The molecule has 0 saturated heterocycles. The van der Waals surface area contributed by atoms with Gasteiger partial charge in [-0.25, -0.2) is 0 Å². The highest BCUT2D eigenvalue weighted by Crippen LogP contribution is 2.31. The average molecular weight is 325 g/mol. The first-order valence-electron chi connectivity index (χ1n) is 6.35. The highest BCUT2D eigenvalue weighted by molar-refractivity contribution is 9.09. The fourth-order valence-electron chi connectivity index (χ4n) is 2.28. The van der Waals surface area contributed by atoms with Crippen molar-refractivity contribution < 1.29 is 9.59 Å². The van der Waals surface area contributed by atoms with Gasteiger partial charge in [-0.15, -0.1) is 0 Å². The summed E-state index contributed by atoms with van der Waals surface area (Å²) in [7, 11) is 0. The van der Waals surface area contributed by atoms with Crippen molar-refractivity contribution in [2.75, 3.05) is 17.2 Å². The van der Waals surface area contributed by atoms with Crippen LogP contribution in [-0.2, 0) is 4.79 Å². The summed E-state index contributed by atoms with van der Waals surface area (Å²) in [4.78, 5) is 22.8. The number of Topliss-reactive ketones (excluding diaryl/α,β-unsaturated/α-hetero) is 1. The third-order valence-electron chi connectivity index (χ3n) is 3.41. The van der Waals surface area contributed by atoms with Crippen molar-refractivity contribution in [2.45, 2.75) is 19.4 Å². The number of fused-ring (bicyclic) bond motifs is 1. The number of nitrogens with one attached hydrogen (secondary N) is 2. The van der Waals surface area contributed by atoms with Gasteiger partial charge in [0, 0.05) is 29.0 Å². The highest BCUT2D eigenvalue weighted by atomic mass is 79.9. The van der Waals surface area contributed by atoms with E-state index in [0.29, 0.717) is 10.9 Å². The Hall–Kier alpha value is -1.36. The maximum Gasteiger partial charge on any atom is 0.207 e. The average Bonchev–Trinajstić information content (AvgIpc) is 2.46. The van der Waals surface area contributed by atoms with Crippen LogP contribution in [0.25, 0.3) is 0 Å². The fraction of sp³-hybridized carbons (Fsp3) is 0.429. The van der Waals surface area contributed by atoms with Crippen molar-refractivity contribution in [3.05, 3.63) is 29.3 Å². The van der Waals surface area contributed by atoms with Crippen molar-refractivity contribution in [3.63, 3.8) is 0 Å². The molecule has 4 nitrogen and oxygen atoms in total. The van der Waals surface area contributed by atoms with Gasteiger partial charge in [0.2, 0.25) is 6.41 Å². The van der Waals surface area contributed by atoms with Crippen LogP contribution in [-0.4, -0.2) is 24.1 Å². The monoisotopic (exact) mass is 324 g/mol. The number of benzene rings is 1. The van der Waals surface area contributed by atoms with E-state index in [1.165, 1.54) is 0 Å². The Morgan fingerprint density at radius 2 is 2.42 bits per heavy atom. The molecule has 2 unspecified atom stereocenters. The predicted molar refractivity (Wildman–Crippen MR) is 78.8 cm³/mol. The molecule has 1 aliphatic heterocycles. The molecular formula is C14H17BrN2O2. The molecule has 1 heterocycles. The van der Waals surface area contributed by atoms with E-state index in [-0.39, 0.29) is 17.7 Å². The zero-order valence-electron chi connectivity index (χ0n) is 10.8. The van der Waals surface area contributed by atoms with Crippen LogP contribution in [0.1, 0.15) is 35.3 Å². The summed E-state index contributed by atoms with van der Waals surface area (Å²) >= 11 is 3.33. The molecule has 1 aromatic rings. The van der Waals surface area contributed by atoms with Gasteiger partial charge in [0.05, 0.1) is 6.04 Å². The van der Waals surface area contributed by atoms with Gasteiger partial charge in [0.25, 0.3) is 0 Å². The molecule has 0 saturated carbocycles. The van der Waals surface area contributed by atoms with Crippen LogP contribution in [0.4, 0.5) is 5.69 Å². The molecule has 0 bridgehead atoms. The van der Waals surface area contributed by atoms with Gasteiger partial charge in [0.15, 0.2) is 5.78 Å². The van der Waals surface area contributed by atoms with Crippen molar-refractivity contribution in [1.82, 2.24) is 5.32 Å². The van der Waals surface area contributed by atoms with E-state index >= 15 is 0 Å². The summed E-state index contributed by atoms with van der Waals surface area (Å²) in [6, 6.07) is 5.64. The minimum atomic E-state index is -0.0490. The van der Waals surface area contributed by atoms with Gasteiger partial charge < -0.3 is 10.6 Å². The van der Waals surface area contributed by atoms with E-state index in [9.17, 15) is 9.59 Å². The standard InChI is InChI=1S/C14H17BrN2O2/c1-9(7-15)14(19)10-2-3-12-11(6-10)13(17-8-18)4-5-16-12/h2-3,6,8-9,13,16H,4-5,7H2,1H3,(H,17,18). The van der Waals surface area contributed by atoms with Crippen LogP contribution in [0.3, 0.4) is 0 Å². The first-order valence-corrected chi connectivity index (χ1v) is 7.47. The molecule has 1 amide bonds. The Kier molecular flexibility index (Phi) is 4.58. The van der Waals surface area contributed by atoms with Crippen LogP contribution in [0.15, 0.2) is 18.2 Å². The second kappa shape index (κ2) is 6.19. The lowest BCUT2D eigenvalue weighted by Gasteiger charge is -2.26. The second-order valence-corrected chi connectivity index (χ2v) is 5.42. The minimum Gasteiger partial charge on any atom is -0.385 e. The van der Waals surface area contributed by atoms with E-state index in [1.807, 2.05) is 25.1 Å². The smallest absolute Gasteiger partial charge is 0.207 e. The first-order chi connectivity index (χ1) is 9.17. The minimum absolute atomic E-state index is 0.0132. The molecule has 2 N–H and O–H groups in total. The number of ketones is 1. The number of hydrogen-bond donors (Lipinski definition) is 2. The largest absolute Gasteiger partial charge is 0.385 e. The number of alkyl halides is 1. The van der Waals surface area contributed by atoms with Crippen LogP contribution >= 0.6 is 15.9 Å². The zero-order valence-corrected chi connectivity index (χ0v) is 12.4. The maximum atomic E-state index is 12.2. The highest BCUT2D eigenvalue weighted by Gasteiger charge is 2.22. The first kappa shape index (κ1) is 14.1. The lowest BCUT2D eigenvalue weighted by atomic mass is 9.92. The third-order valence-corrected chi connectivity index (χ3v) is 4.38. The van der Waals surface area contributed by atoms with Crippen LogP contribution in [0.2, 0.25) is 0 Å². The van der Waals surface area contributed by atoms with E-state index in [0.717, 1.165) is 30.6 Å². The molecule has 0 aromatic heterocycles. The van der Waals surface area contributed by atoms with Gasteiger partial charge in [-0.1, -0.05) is 22.9 Å². The Morgan fingerprint density at radius 3 is 3.11 bits per heavy atom. The van der Waals surface area contributed by atoms with Crippen molar-refractivity contribution >= 4 is 33.8 Å². The predicted octanol–water partition coefficient (Wildman–Crippen LogP) is 2.50. The summed E-state index contributed by atoms with van der Waals surface area (Å²) in [6.45, 7) is 2.72. The molecule has 2 rings (SSSR count). The number of hydrogen-bond acceptors (Lipinski definition) is 3. The van der Waals surface area contributed by atoms with Crippen molar-refractivity contribution in [1.29, 1.82) is 0 Å². The Bertz CT molecular complexity index is 490. The molecule has 1 aromatic carbocycles. The summed E-state index contributed by atoms with van der Waals surface area (Å²) in [6.07, 6.45) is 1.55. The normalized spacial score (nSPS) is 18.9. The number of halogens is 1. The third kappa shape index (κ3) is 2.97. The van der Waals surface area contributed by atoms with Crippen LogP contribution in [0, 0.1) is 5.92 Å². The zero-order chi connectivity index (χ0) is 13.8. The summed E-state index contributed by atoms with van der Waals surface area (Å²) in [5.74, 6) is 0.0715. The van der Waals surface area contributed by atoms with Gasteiger partial charge in [-0.05, 0) is 30.2 Å². The Balaban J connectivity index is 2.32. The molecular weight excluding hydrogens is 308 g/mol. The van der Waals surface area contributed by atoms with Crippen LogP contribution < -0.4 is 10.6 Å². The number of carbonyl (C=O) groups is 2. The lowest BCUT2D eigenvalue weighted by molar-refractivity contribution is -0.110. The lowest BCUT2D eigenvalue weighted by Crippen LogP contribution is -2.27. The summed E-state index contributed by atoms with van der Waals surface area (Å²) in [5.41, 5.74) is 2.69. The Morgan fingerprint density at radius 1 is 1.63 bits per heavy atom. The SMILES string of the molecule is CC(CBr)C(=O)c1ccc2c(c1)C(NC=O)CCN2. The molecule has 1 aliphatic rings. The quantitative estimate of drug-likeness (QED) is 0.497. The van der Waals surface area contributed by atoms with Crippen LogP contribution in [0.5, 0.6) is 0 Å². The molecule has 5 heteroatoms. The molecule has 0 spiro atoms. The summed E-state index contributed by atoms with van der Waals surface area (Å²) < 4.78 is 0. The topological polar surface area (TPSA) is 58.2 Å². The molecule has 0 aliphatic carbocycles. The van der Waals surface area contributed by atoms with Gasteiger partial charge in [0.1, 0.15) is 0 Å². The number of anilines is 1. The molecule has 2 atom stereocenters. The van der Waals surface area contributed by atoms with Gasteiger partial charge in [-0.2, -0.15) is 0 Å². The number of rotatable bonds is 5. The molecule has 102 valence electrons. The molecule has 19 heavy (non-hydrogen) atoms. The number of carbonyl (C=O) groups excluding carboxylic acids is 2. The number of amides is 1. The van der Waals surface area contributed by atoms with E-state index in [1.54, 1.807) is 0 Å². The maximum absolute atomic E-state index is 12.2. The van der Waals surface area contributed by atoms with Crippen molar-refractivity contribution in [2.24, 2.45) is 5.92 Å². The van der Waals surface area contributed by atoms with E-state index < -0.39 is 0 Å². The Labute approximate surface area is 121 Å². The fourth-order valence-corrected chi connectivity index (χ4v) is 2.58. The van der Waals surface area contributed by atoms with Gasteiger partial charge in [-0.3, -0.25) is 9.59 Å².